The summed E-state index contributed by atoms with van der Waals surface area (Å²) in [6.45, 7) is 1.57. The normalized spacial score (nSPS) is 70.1. The fourth-order valence-electron chi connectivity index (χ4n) is 5.83. The van der Waals surface area contributed by atoms with Gasteiger partial charge in [0.15, 0.2) is 0 Å². The Bertz CT molecular complexity index is 376. The Hall–Kier alpha value is -0.180. The fraction of sp³-hybridized carbons (Fsp3) is 0.917. The van der Waals surface area contributed by atoms with E-state index in [4.69, 9.17) is 4.74 Å². The second kappa shape index (κ2) is 2.11. The zero-order valence-corrected chi connectivity index (χ0v) is 9.44. The first-order chi connectivity index (χ1) is 7.27. The van der Waals surface area contributed by atoms with Gasteiger partial charge < -0.3 is 4.74 Å². The van der Waals surface area contributed by atoms with E-state index in [1.807, 2.05) is 0 Å². The van der Waals surface area contributed by atoms with Gasteiger partial charge in [-0.15, -0.1) is 0 Å². The zero-order chi connectivity index (χ0) is 9.89. The van der Waals surface area contributed by atoms with E-state index >= 15 is 0 Å². The molecule has 5 aliphatic rings. The van der Waals surface area contributed by atoms with E-state index in [0.29, 0.717) is 6.10 Å². The molecule has 0 amide bonds. The Morgan fingerprint density at radius 1 is 1.13 bits per heavy atom. The minimum Gasteiger partial charge on any atom is -0.462 e. The molecule has 3 heteroatoms. The first kappa shape index (κ1) is 7.99. The Labute approximate surface area is 93.1 Å². The smallest absolute Gasteiger partial charge is 0.302 e. The summed E-state index contributed by atoms with van der Waals surface area (Å²) >= 11 is 2.25. The molecule has 0 unspecified atom stereocenters. The number of ether oxygens (including phenoxy) is 1. The molecule has 0 N–H and O–H groups in total. The highest BCUT2D eigenvalue weighted by Crippen LogP contribution is 2.82. The monoisotopic (exact) mass is 222 g/mol. The van der Waals surface area contributed by atoms with Crippen LogP contribution in [0.15, 0.2) is 0 Å². The van der Waals surface area contributed by atoms with Gasteiger partial charge in [0.2, 0.25) is 0 Å². The average molecular weight is 222 g/mol. The molecule has 0 spiro atoms. The Balaban J connectivity index is 1.61. The molecule has 2 bridgehead atoms. The summed E-state index contributed by atoms with van der Waals surface area (Å²) in [5.41, 5.74) is 0. The van der Waals surface area contributed by atoms with Crippen LogP contribution in [0.25, 0.3) is 0 Å². The Morgan fingerprint density at radius 3 is 2.80 bits per heavy atom. The van der Waals surface area contributed by atoms with Gasteiger partial charge in [-0.3, -0.25) is 4.79 Å². The second-order valence-corrected chi connectivity index (χ2v) is 7.37. The molecule has 0 radical (unpaired) electrons. The van der Waals surface area contributed by atoms with Gasteiger partial charge in [-0.05, 0) is 30.1 Å². The number of hydrogen-bond acceptors (Lipinski definition) is 3. The molecule has 4 saturated carbocycles. The third-order valence-electron chi connectivity index (χ3n) is 5.85. The molecule has 1 heterocycles. The van der Waals surface area contributed by atoms with Crippen LogP contribution in [0.2, 0.25) is 0 Å². The van der Waals surface area contributed by atoms with Crippen LogP contribution in [-0.4, -0.2) is 22.6 Å². The van der Waals surface area contributed by atoms with E-state index in [1.165, 1.54) is 6.42 Å². The number of hydrogen-bond donors (Lipinski definition) is 0. The summed E-state index contributed by atoms with van der Waals surface area (Å²) in [6.07, 6.45) is 1.78. The van der Waals surface area contributed by atoms with Crippen molar-refractivity contribution in [3.05, 3.63) is 0 Å². The molecule has 4 aliphatic carbocycles. The summed E-state index contributed by atoms with van der Waals surface area (Å²) < 4.78 is 5.62. The van der Waals surface area contributed by atoms with Crippen molar-refractivity contribution in [3.63, 3.8) is 0 Å². The molecule has 0 aromatic rings. The Morgan fingerprint density at radius 2 is 2.00 bits per heavy atom. The van der Waals surface area contributed by atoms with Crippen LogP contribution in [-0.2, 0) is 9.53 Å². The minimum absolute atomic E-state index is 0.0578. The van der Waals surface area contributed by atoms with Crippen LogP contribution in [0.1, 0.15) is 13.3 Å². The van der Waals surface area contributed by atoms with Gasteiger partial charge in [-0.2, -0.15) is 11.8 Å². The predicted molar refractivity (Wildman–Crippen MR) is 56.3 cm³/mol. The first-order valence-corrected chi connectivity index (χ1v) is 7.04. The molecular formula is C12H14O2S. The number of carbonyl (C=O) groups excluding carboxylic acids is 1. The topological polar surface area (TPSA) is 26.3 Å². The molecular weight excluding hydrogens is 208 g/mol. The first-order valence-electron chi connectivity index (χ1n) is 6.10. The zero-order valence-electron chi connectivity index (χ0n) is 8.63. The molecule has 15 heavy (non-hydrogen) atoms. The molecule has 0 aromatic heterocycles. The number of fused-ring (bicyclic) bond motifs is 2. The van der Waals surface area contributed by atoms with Crippen LogP contribution in [0.4, 0.5) is 0 Å². The van der Waals surface area contributed by atoms with Crippen molar-refractivity contribution in [3.8, 4) is 0 Å². The average Bonchev–Trinajstić information content (AvgIpc) is 2.62. The van der Waals surface area contributed by atoms with Crippen molar-refractivity contribution in [1.82, 2.24) is 0 Å². The quantitative estimate of drug-likeness (QED) is 0.630. The largest absolute Gasteiger partial charge is 0.462 e. The van der Waals surface area contributed by atoms with Crippen LogP contribution in [0.3, 0.4) is 0 Å². The summed E-state index contributed by atoms with van der Waals surface area (Å²) in [5.74, 6) is 5.38. The lowest BCUT2D eigenvalue weighted by atomic mass is 9.63. The maximum absolute atomic E-state index is 11.2. The van der Waals surface area contributed by atoms with E-state index < -0.39 is 0 Å². The van der Waals surface area contributed by atoms with Crippen molar-refractivity contribution >= 4 is 17.7 Å². The third-order valence-corrected chi connectivity index (χ3v) is 7.77. The van der Waals surface area contributed by atoms with Gasteiger partial charge in [-0.25, -0.2) is 0 Å². The fourth-order valence-corrected chi connectivity index (χ4v) is 8.30. The maximum atomic E-state index is 11.2. The van der Waals surface area contributed by atoms with Crippen LogP contribution >= 0.6 is 11.8 Å². The van der Waals surface area contributed by atoms with Crippen molar-refractivity contribution < 1.29 is 9.53 Å². The third kappa shape index (κ3) is 0.620. The van der Waals surface area contributed by atoms with E-state index in [2.05, 4.69) is 11.8 Å². The van der Waals surface area contributed by atoms with Crippen LogP contribution in [0, 0.1) is 35.5 Å². The maximum Gasteiger partial charge on any atom is 0.302 e. The summed E-state index contributed by atoms with van der Waals surface area (Å²) in [4.78, 5) is 11.2. The highest BCUT2D eigenvalue weighted by Gasteiger charge is 2.82. The molecule has 2 nitrogen and oxygen atoms in total. The molecule has 1 saturated heterocycles. The SMILES string of the molecule is CC(=O)O[C@@H]1[C@@H]2[C@H]3C[C@H]4[C@@H]2S[C@@H]2[C@@H]4[C@H]3[C@@H]12. The van der Waals surface area contributed by atoms with E-state index in [1.54, 1.807) is 6.92 Å². The highest BCUT2D eigenvalue weighted by atomic mass is 32.2. The second-order valence-electron chi connectivity index (χ2n) is 6.01. The van der Waals surface area contributed by atoms with Gasteiger partial charge in [0.25, 0.3) is 0 Å². The summed E-state index contributed by atoms with van der Waals surface area (Å²) in [5, 5.41) is 1.74. The van der Waals surface area contributed by atoms with Crippen LogP contribution in [0.5, 0.6) is 0 Å². The molecule has 9 atom stereocenters. The van der Waals surface area contributed by atoms with Crippen molar-refractivity contribution in [2.75, 3.05) is 0 Å². The minimum atomic E-state index is -0.0578. The summed E-state index contributed by atoms with van der Waals surface area (Å²) in [6, 6.07) is 0. The molecule has 1 aliphatic heterocycles. The van der Waals surface area contributed by atoms with E-state index in [-0.39, 0.29) is 5.97 Å². The number of thioether (sulfide) groups is 1. The molecule has 0 aromatic carbocycles. The van der Waals surface area contributed by atoms with Crippen molar-refractivity contribution in [1.29, 1.82) is 0 Å². The number of rotatable bonds is 1. The lowest BCUT2D eigenvalue weighted by molar-refractivity contribution is -0.152. The van der Waals surface area contributed by atoms with Crippen molar-refractivity contribution in [2.24, 2.45) is 35.5 Å². The molecule has 80 valence electrons. The molecule has 5 fully saturated rings. The van der Waals surface area contributed by atoms with E-state index in [9.17, 15) is 4.79 Å². The van der Waals surface area contributed by atoms with Gasteiger partial charge >= 0.3 is 5.97 Å². The molecule has 5 rings (SSSR count). The van der Waals surface area contributed by atoms with Gasteiger partial charge in [0.05, 0.1) is 0 Å². The predicted octanol–water partition coefficient (Wildman–Crippen LogP) is 1.54. The highest BCUT2D eigenvalue weighted by molar-refractivity contribution is 8.01. The van der Waals surface area contributed by atoms with Crippen LogP contribution < -0.4 is 0 Å². The Kier molecular flexibility index (Phi) is 1.12. The van der Waals surface area contributed by atoms with E-state index in [0.717, 1.165) is 46.0 Å². The number of carbonyl (C=O) groups is 1. The van der Waals surface area contributed by atoms with Crippen molar-refractivity contribution in [2.45, 2.75) is 29.9 Å². The van der Waals surface area contributed by atoms with Gasteiger partial charge in [0, 0.05) is 29.3 Å². The lowest BCUT2D eigenvalue weighted by Crippen LogP contribution is -2.49. The number of esters is 1. The summed E-state index contributed by atoms with van der Waals surface area (Å²) in [7, 11) is 0. The van der Waals surface area contributed by atoms with Gasteiger partial charge in [-0.1, -0.05) is 0 Å². The standard InChI is InChI=1S/C12H14O2S/c1-3(13)14-10-8-4-2-5-7-6(4)9(10)12(7)15-11(5)8/h4-12H,2H2,1H3/t4-,5+,6-,7-,8-,9-,10+,11-,12+/m0/s1. The lowest BCUT2D eigenvalue weighted by Gasteiger charge is -2.46. The van der Waals surface area contributed by atoms with Gasteiger partial charge in [0.1, 0.15) is 6.10 Å².